The van der Waals surface area contributed by atoms with E-state index in [0.717, 1.165) is 24.6 Å². The van der Waals surface area contributed by atoms with Gasteiger partial charge in [-0.15, -0.1) is 0 Å². The Balaban J connectivity index is 4.45. The molecule has 0 heterocycles. The van der Waals surface area contributed by atoms with E-state index in [4.69, 9.17) is 9.47 Å². The zero-order valence-electron chi connectivity index (χ0n) is 12.2. The largest absolute Gasteiger partial charge is 0.466 e. The van der Waals surface area contributed by atoms with E-state index in [0.29, 0.717) is 6.42 Å². The molecule has 0 aliphatic carbocycles. The highest BCUT2D eigenvalue weighted by Gasteiger charge is 2.29. The van der Waals surface area contributed by atoms with E-state index in [1.165, 1.54) is 0 Å². The molecule has 0 fully saturated rings. The Morgan fingerprint density at radius 2 is 1.65 bits per heavy atom. The van der Waals surface area contributed by atoms with Gasteiger partial charge in [0.25, 0.3) is 0 Å². The fourth-order valence-corrected chi connectivity index (χ4v) is 2.15. The van der Waals surface area contributed by atoms with Gasteiger partial charge in [0.15, 0.2) is 5.78 Å². The lowest BCUT2D eigenvalue weighted by atomic mass is 9.95. The number of Topliss-reactive ketones (excluding diaryl/α,β-unsaturated/α-hetero) is 1. The number of rotatable bonds is 11. The normalized spacial score (nSPS) is 11.8. The maximum atomic E-state index is 12.0. The Labute approximate surface area is 128 Å². The molecule has 116 valence electrons. The van der Waals surface area contributed by atoms with Crippen LogP contribution < -0.4 is 0 Å². The fourth-order valence-electron chi connectivity index (χ4n) is 1.75. The maximum absolute atomic E-state index is 12.0. The van der Waals surface area contributed by atoms with Crippen LogP contribution in [0.15, 0.2) is 0 Å². The van der Waals surface area contributed by atoms with Gasteiger partial charge < -0.3 is 9.47 Å². The van der Waals surface area contributed by atoms with Crippen LogP contribution in [0.1, 0.15) is 46.0 Å². The molecular formula is C14H23BrO5. The summed E-state index contributed by atoms with van der Waals surface area (Å²) in [5.41, 5.74) is 0. The van der Waals surface area contributed by atoms with Gasteiger partial charge >= 0.3 is 11.9 Å². The third-order valence-electron chi connectivity index (χ3n) is 2.71. The quantitative estimate of drug-likeness (QED) is 0.248. The monoisotopic (exact) mass is 350 g/mol. The van der Waals surface area contributed by atoms with Crippen LogP contribution >= 0.6 is 15.9 Å². The number of unbranched alkanes of at least 4 members (excludes halogenated alkanes) is 2. The van der Waals surface area contributed by atoms with Crippen molar-refractivity contribution in [3.63, 3.8) is 0 Å². The van der Waals surface area contributed by atoms with Crippen LogP contribution in [0, 0.1) is 5.92 Å². The number of carbonyl (C=O) groups excluding carboxylic acids is 3. The van der Waals surface area contributed by atoms with E-state index in [-0.39, 0.29) is 19.6 Å². The number of hydrogen-bond donors (Lipinski definition) is 0. The third kappa shape index (κ3) is 8.30. The van der Waals surface area contributed by atoms with Crippen LogP contribution in [-0.4, -0.2) is 36.3 Å². The topological polar surface area (TPSA) is 69.7 Å². The summed E-state index contributed by atoms with van der Waals surface area (Å²) in [6.07, 6.45) is 2.72. The van der Waals surface area contributed by atoms with Gasteiger partial charge in [-0.05, 0) is 26.7 Å². The Hall–Kier alpha value is -0.910. The SMILES string of the molecule is CCOC(=O)CC(=O)C(CCCCCBr)C(=O)OCC. The van der Waals surface area contributed by atoms with Gasteiger partial charge in [-0.25, -0.2) is 0 Å². The standard InChI is InChI=1S/C14H23BrO5/c1-3-19-13(17)10-12(16)11(14(18)20-4-2)8-6-5-7-9-15/h11H,3-10H2,1-2H3. The minimum atomic E-state index is -0.852. The number of ketones is 1. The van der Waals surface area contributed by atoms with Crippen LogP contribution in [0.4, 0.5) is 0 Å². The lowest BCUT2D eigenvalue weighted by molar-refractivity contribution is -0.153. The molecule has 0 aromatic rings. The zero-order valence-corrected chi connectivity index (χ0v) is 13.7. The number of ether oxygens (including phenoxy) is 2. The molecule has 6 heteroatoms. The number of alkyl halides is 1. The second kappa shape index (κ2) is 11.9. The van der Waals surface area contributed by atoms with E-state index in [1.54, 1.807) is 13.8 Å². The van der Waals surface area contributed by atoms with Crippen molar-refractivity contribution >= 4 is 33.7 Å². The number of esters is 2. The summed E-state index contributed by atoms with van der Waals surface area (Å²) < 4.78 is 9.63. The molecule has 0 aliphatic rings. The predicted molar refractivity (Wildman–Crippen MR) is 78.6 cm³/mol. The molecule has 20 heavy (non-hydrogen) atoms. The molecule has 0 amide bonds. The zero-order chi connectivity index (χ0) is 15.4. The van der Waals surface area contributed by atoms with E-state index >= 15 is 0 Å². The molecule has 0 rings (SSSR count). The first kappa shape index (κ1) is 19.1. The molecule has 0 N–H and O–H groups in total. The van der Waals surface area contributed by atoms with Crippen LogP contribution in [0.5, 0.6) is 0 Å². The summed E-state index contributed by atoms with van der Waals surface area (Å²) in [6.45, 7) is 3.81. The van der Waals surface area contributed by atoms with Crippen LogP contribution in [-0.2, 0) is 23.9 Å². The van der Waals surface area contributed by atoms with Gasteiger partial charge in [-0.1, -0.05) is 28.8 Å². The number of hydrogen-bond acceptors (Lipinski definition) is 5. The second-order valence-corrected chi connectivity index (χ2v) is 5.08. The Morgan fingerprint density at radius 3 is 2.20 bits per heavy atom. The Morgan fingerprint density at radius 1 is 1.00 bits per heavy atom. The summed E-state index contributed by atoms with van der Waals surface area (Å²) in [7, 11) is 0. The molecule has 0 aromatic heterocycles. The van der Waals surface area contributed by atoms with E-state index in [1.807, 2.05) is 0 Å². The van der Waals surface area contributed by atoms with Gasteiger partial charge in [0, 0.05) is 5.33 Å². The van der Waals surface area contributed by atoms with Crippen molar-refractivity contribution in [3.05, 3.63) is 0 Å². The summed E-state index contributed by atoms with van der Waals surface area (Å²) >= 11 is 3.33. The highest BCUT2D eigenvalue weighted by atomic mass is 79.9. The minimum Gasteiger partial charge on any atom is -0.466 e. The van der Waals surface area contributed by atoms with Crippen molar-refractivity contribution in [1.82, 2.24) is 0 Å². The Kier molecular flexibility index (Phi) is 11.3. The molecule has 1 atom stereocenters. The summed E-state index contributed by atoms with van der Waals surface area (Å²) in [4.78, 5) is 35.1. The van der Waals surface area contributed by atoms with E-state index < -0.39 is 23.6 Å². The summed E-state index contributed by atoms with van der Waals surface area (Å²) in [5, 5.41) is 0.897. The lowest BCUT2D eigenvalue weighted by Gasteiger charge is -2.14. The van der Waals surface area contributed by atoms with Gasteiger partial charge in [-0.2, -0.15) is 0 Å². The third-order valence-corrected chi connectivity index (χ3v) is 3.27. The molecule has 0 spiro atoms. The average molecular weight is 351 g/mol. The highest BCUT2D eigenvalue weighted by Crippen LogP contribution is 2.16. The van der Waals surface area contributed by atoms with Crippen molar-refractivity contribution in [3.8, 4) is 0 Å². The van der Waals surface area contributed by atoms with Crippen LogP contribution in [0.2, 0.25) is 0 Å². The van der Waals surface area contributed by atoms with Crippen molar-refractivity contribution in [1.29, 1.82) is 0 Å². The number of halogens is 1. The van der Waals surface area contributed by atoms with Gasteiger partial charge in [0.05, 0.1) is 13.2 Å². The molecule has 0 bridgehead atoms. The molecule has 0 saturated carbocycles. The summed E-state index contributed by atoms with van der Waals surface area (Å²) in [6, 6.07) is 0. The van der Waals surface area contributed by atoms with Crippen molar-refractivity contribution < 1.29 is 23.9 Å². The minimum absolute atomic E-state index is 0.224. The van der Waals surface area contributed by atoms with Crippen LogP contribution in [0.25, 0.3) is 0 Å². The molecule has 0 aliphatic heterocycles. The molecular weight excluding hydrogens is 328 g/mol. The molecule has 5 nitrogen and oxygen atoms in total. The van der Waals surface area contributed by atoms with Gasteiger partial charge in [0.1, 0.15) is 12.3 Å². The predicted octanol–water partition coefficient (Wildman–Crippen LogP) is 2.64. The second-order valence-electron chi connectivity index (χ2n) is 4.29. The maximum Gasteiger partial charge on any atom is 0.316 e. The van der Waals surface area contributed by atoms with Crippen molar-refractivity contribution in [2.24, 2.45) is 5.92 Å². The first-order valence-electron chi connectivity index (χ1n) is 6.97. The van der Waals surface area contributed by atoms with E-state index in [9.17, 15) is 14.4 Å². The molecule has 1 unspecified atom stereocenters. The fraction of sp³-hybridized carbons (Fsp3) is 0.786. The van der Waals surface area contributed by atoms with Gasteiger partial charge in [0.2, 0.25) is 0 Å². The molecule has 0 radical (unpaired) electrons. The van der Waals surface area contributed by atoms with Crippen molar-refractivity contribution in [2.75, 3.05) is 18.5 Å². The molecule has 0 saturated heterocycles. The lowest BCUT2D eigenvalue weighted by Crippen LogP contribution is -2.28. The van der Waals surface area contributed by atoms with E-state index in [2.05, 4.69) is 15.9 Å². The number of carbonyl (C=O) groups is 3. The first-order valence-corrected chi connectivity index (χ1v) is 8.09. The van der Waals surface area contributed by atoms with Crippen molar-refractivity contribution in [2.45, 2.75) is 46.0 Å². The first-order chi connectivity index (χ1) is 9.56. The van der Waals surface area contributed by atoms with Crippen LogP contribution in [0.3, 0.4) is 0 Å². The van der Waals surface area contributed by atoms with Gasteiger partial charge in [-0.3, -0.25) is 14.4 Å². The smallest absolute Gasteiger partial charge is 0.316 e. The highest BCUT2D eigenvalue weighted by molar-refractivity contribution is 9.09. The molecule has 0 aromatic carbocycles. The average Bonchev–Trinajstić information content (AvgIpc) is 2.38. The summed E-state index contributed by atoms with van der Waals surface area (Å²) in [5.74, 6) is -2.40. The Bertz CT molecular complexity index is 317.